The Kier molecular flexibility index (Phi) is 77.3. The molecule has 0 saturated heterocycles. The van der Waals surface area contributed by atoms with E-state index in [1.54, 1.807) is 0 Å². The smallest absolute Gasteiger partial charge is 0.462 e. The van der Waals surface area contributed by atoms with Gasteiger partial charge in [0.2, 0.25) is 0 Å². The summed E-state index contributed by atoms with van der Waals surface area (Å²) < 4.78 is 68.6. The predicted molar refractivity (Wildman–Crippen MR) is 454 cm³/mol. The highest BCUT2D eigenvalue weighted by molar-refractivity contribution is 7.47. The molecule has 0 bridgehead atoms. The van der Waals surface area contributed by atoms with E-state index >= 15 is 0 Å². The van der Waals surface area contributed by atoms with Gasteiger partial charge in [-0.2, -0.15) is 0 Å². The Balaban J connectivity index is 5.53. The Morgan fingerprint density at radius 3 is 0.827 bits per heavy atom. The first kappa shape index (κ1) is 104. The Bertz CT molecular complexity index is 2750. The number of aliphatic hydroxyl groups is 1. The molecule has 110 heavy (non-hydrogen) atoms. The molecule has 0 radical (unpaired) electrons. The van der Waals surface area contributed by atoms with Gasteiger partial charge in [-0.25, -0.2) is 9.13 Å². The summed E-state index contributed by atoms with van der Waals surface area (Å²) >= 11 is 0. The maximum Gasteiger partial charge on any atom is 0.472 e. The first-order valence-corrected chi connectivity index (χ1v) is 45.4. The second kappa shape index (κ2) is 81.4. The van der Waals surface area contributed by atoms with Crippen LogP contribution in [0.3, 0.4) is 0 Å². The van der Waals surface area contributed by atoms with Gasteiger partial charge in [0.15, 0.2) is 12.2 Å². The van der Waals surface area contributed by atoms with Crippen LogP contribution in [0.1, 0.15) is 323 Å². The van der Waals surface area contributed by atoms with Crippen molar-refractivity contribution < 1.29 is 80.2 Å². The SMILES string of the molecule is CC/C=C\C/C=C\C/C=C\C/C=C\C/C=C\CCCCCC(=O)O[C@H](COC(=O)CC/C=C\C/C=C\C/C=C\C/C=C\C/C=C\CCCCC)COP(=O)(O)OC[C@@H](O)COP(=O)(O)OC[C@@H](COC(=O)CCC/C=C\C/C=C\C/C=C\C/C=C\CCCCC)OC(=O)CCCCCCCCCCCCCCCCC. The van der Waals surface area contributed by atoms with Gasteiger partial charge in [-0.05, 0) is 148 Å². The summed E-state index contributed by atoms with van der Waals surface area (Å²) in [5, 5.41) is 10.7. The molecule has 0 aliphatic carbocycles. The Hall–Kier alpha value is -5.58. The second-order valence-electron chi connectivity index (χ2n) is 27.7. The van der Waals surface area contributed by atoms with Crippen molar-refractivity contribution in [1.82, 2.24) is 0 Å². The van der Waals surface area contributed by atoms with E-state index in [4.69, 9.17) is 37.0 Å². The normalized spacial score (nSPS) is 14.6. The fourth-order valence-corrected chi connectivity index (χ4v) is 12.3. The molecule has 2 unspecified atom stereocenters. The van der Waals surface area contributed by atoms with Gasteiger partial charge in [-0.1, -0.05) is 320 Å². The van der Waals surface area contributed by atoms with Gasteiger partial charge in [0.05, 0.1) is 26.4 Å². The zero-order valence-corrected chi connectivity index (χ0v) is 70.4. The number of hydrogen-bond donors (Lipinski definition) is 3. The topological polar surface area (TPSA) is 237 Å². The summed E-state index contributed by atoms with van der Waals surface area (Å²) in [5.41, 5.74) is 0. The van der Waals surface area contributed by atoms with Gasteiger partial charge in [-0.15, -0.1) is 0 Å². The van der Waals surface area contributed by atoms with E-state index in [1.807, 2.05) is 30.4 Å². The minimum atomic E-state index is -5.02. The molecular formula is C91H150O17P2. The lowest BCUT2D eigenvalue weighted by atomic mass is 10.0. The van der Waals surface area contributed by atoms with E-state index < -0.39 is 97.5 Å². The van der Waals surface area contributed by atoms with Gasteiger partial charge in [0, 0.05) is 25.7 Å². The van der Waals surface area contributed by atoms with Crippen LogP contribution in [0.2, 0.25) is 0 Å². The molecule has 626 valence electrons. The molecule has 0 saturated carbocycles. The molecule has 3 N–H and O–H groups in total. The van der Waals surface area contributed by atoms with Crippen molar-refractivity contribution in [3.63, 3.8) is 0 Å². The maximum absolute atomic E-state index is 13.1. The maximum atomic E-state index is 13.1. The monoisotopic (exact) mass is 1580 g/mol. The molecule has 0 aromatic carbocycles. The summed E-state index contributed by atoms with van der Waals surface area (Å²) in [7, 11) is -10.0. The van der Waals surface area contributed by atoms with E-state index in [1.165, 1.54) is 103 Å². The number of unbranched alkanes of at least 4 members (excludes halogenated alkanes) is 24. The number of rotatable bonds is 78. The summed E-state index contributed by atoms with van der Waals surface area (Å²) in [6.45, 7) is 4.54. The lowest BCUT2D eigenvalue weighted by Gasteiger charge is -2.21. The molecule has 0 aromatic rings. The average molecular weight is 1580 g/mol. The first-order chi connectivity index (χ1) is 53.7. The van der Waals surface area contributed by atoms with Gasteiger partial charge in [0.1, 0.15) is 19.3 Å². The van der Waals surface area contributed by atoms with Crippen molar-refractivity contribution in [2.24, 2.45) is 0 Å². The summed E-state index contributed by atoms with van der Waals surface area (Å²) in [5.74, 6) is -2.38. The summed E-state index contributed by atoms with van der Waals surface area (Å²) in [6, 6.07) is 0. The molecule has 0 aromatic heterocycles. The van der Waals surface area contributed by atoms with Gasteiger partial charge >= 0.3 is 39.5 Å². The van der Waals surface area contributed by atoms with E-state index in [-0.39, 0.29) is 25.7 Å². The van der Waals surface area contributed by atoms with E-state index in [0.29, 0.717) is 38.5 Å². The number of hydrogen-bond acceptors (Lipinski definition) is 15. The zero-order valence-electron chi connectivity index (χ0n) is 68.6. The molecule has 19 heteroatoms. The van der Waals surface area contributed by atoms with Crippen molar-refractivity contribution in [2.45, 2.75) is 341 Å². The largest absolute Gasteiger partial charge is 0.472 e. The Morgan fingerprint density at radius 1 is 0.264 bits per heavy atom. The van der Waals surface area contributed by atoms with Crippen LogP contribution < -0.4 is 0 Å². The molecule has 0 aliphatic heterocycles. The Morgan fingerprint density at radius 2 is 0.500 bits per heavy atom. The quantitative estimate of drug-likeness (QED) is 0.0169. The van der Waals surface area contributed by atoms with Gasteiger partial charge < -0.3 is 33.8 Å². The molecular weight excluding hydrogens is 1430 g/mol. The predicted octanol–water partition coefficient (Wildman–Crippen LogP) is 25.3. The number of phosphoric acid groups is 2. The van der Waals surface area contributed by atoms with Crippen LogP contribution in [0.5, 0.6) is 0 Å². The number of ether oxygens (including phenoxy) is 4. The van der Waals surface area contributed by atoms with Crippen molar-refractivity contribution in [1.29, 1.82) is 0 Å². The third-order valence-electron chi connectivity index (χ3n) is 17.2. The van der Waals surface area contributed by atoms with Crippen LogP contribution in [0.4, 0.5) is 0 Å². The standard InChI is InChI=1S/C91H150O17P2/c1-5-9-13-17-21-25-29-33-37-40-42-45-49-52-56-60-64-68-72-76-89(94)102-82-87(108-91(96)78-74-70-66-62-58-54-50-46-43-41-38-34-30-26-22-18-14-10-6-2)84-106-110(99,100)104-80-85(92)79-103-109(97,98)105-83-86(107-90(95)77-73-69-65-61-57-53-47-36-32-28-24-20-16-12-8-4)81-101-88(93)75-71-67-63-59-55-51-48-44-39-35-31-27-23-19-15-11-7-3/h10,14,21-23,25-27,33-35,37-39,42-43,45-46,48,51-52,54,56,58-59,63-64,68,85-87,92H,5-9,11-13,15-20,24,28-32,36,40-41,44,47,49-50,53,55,57,60-62,65-67,69-84H2,1-4H3,(H,97,98)(H,99,100)/b14-10-,25-21-,26-22-,27-23-,37-33-,38-34-,39-35-,45-42-,46-43-,51-48-,56-52-,58-54-,63-59-,68-64-/t85-,86+,87+/m0/s1. The number of carbonyl (C=O) groups excluding carboxylic acids is 4. The minimum absolute atomic E-state index is 0.0235. The minimum Gasteiger partial charge on any atom is -0.462 e. The third-order valence-corrected chi connectivity index (χ3v) is 19.1. The number of allylic oxidation sites excluding steroid dienone is 28. The van der Waals surface area contributed by atoms with E-state index in [0.717, 1.165) is 128 Å². The number of esters is 4. The van der Waals surface area contributed by atoms with Crippen LogP contribution in [0.15, 0.2) is 170 Å². The lowest BCUT2D eigenvalue weighted by molar-refractivity contribution is -0.161. The summed E-state index contributed by atoms with van der Waals surface area (Å²) in [4.78, 5) is 73.2. The second-order valence-corrected chi connectivity index (χ2v) is 30.6. The van der Waals surface area contributed by atoms with E-state index in [9.17, 15) is 43.2 Å². The fourth-order valence-electron chi connectivity index (χ4n) is 10.8. The van der Waals surface area contributed by atoms with Crippen molar-refractivity contribution in [3.05, 3.63) is 170 Å². The number of aliphatic hydroxyl groups excluding tert-OH is 1. The van der Waals surface area contributed by atoms with Crippen LogP contribution in [0, 0.1) is 0 Å². The van der Waals surface area contributed by atoms with Gasteiger partial charge in [0.25, 0.3) is 0 Å². The average Bonchev–Trinajstić information content (AvgIpc) is 0.899. The lowest BCUT2D eigenvalue weighted by Crippen LogP contribution is -2.30. The van der Waals surface area contributed by atoms with Crippen molar-refractivity contribution in [2.75, 3.05) is 39.6 Å². The van der Waals surface area contributed by atoms with E-state index in [2.05, 4.69) is 167 Å². The highest BCUT2D eigenvalue weighted by Gasteiger charge is 2.30. The van der Waals surface area contributed by atoms with Gasteiger partial charge in [-0.3, -0.25) is 37.3 Å². The molecule has 0 spiro atoms. The molecule has 0 aliphatic rings. The molecule has 0 fully saturated rings. The Labute approximate surface area is 667 Å². The fraction of sp³-hybridized carbons (Fsp3) is 0.648. The van der Waals surface area contributed by atoms with Crippen LogP contribution in [0.25, 0.3) is 0 Å². The number of phosphoric ester groups is 2. The number of carbonyl (C=O) groups is 4. The first-order valence-electron chi connectivity index (χ1n) is 42.4. The van der Waals surface area contributed by atoms with Crippen LogP contribution >= 0.6 is 15.6 Å². The zero-order chi connectivity index (χ0) is 80.3. The third kappa shape index (κ3) is 80.5. The molecule has 17 nitrogen and oxygen atoms in total. The van der Waals surface area contributed by atoms with Crippen LogP contribution in [-0.4, -0.2) is 96.7 Å². The molecule has 5 atom stereocenters. The summed E-state index contributed by atoms with van der Waals surface area (Å²) in [6.07, 6.45) is 97.7. The molecule has 0 rings (SSSR count). The highest BCUT2D eigenvalue weighted by Crippen LogP contribution is 2.45. The molecule has 0 heterocycles. The van der Waals surface area contributed by atoms with Crippen LogP contribution in [-0.2, 0) is 65.4 Å². The van der Waals surface area contributed by atoms with Crippen molar-refractivity contribution >= 4 is 39.5 Å². The molecule has 0 amide bonds. The van der Waals surface area contributed by atoms with Crippen molar-refractivity contribution in [3.8, 4) is 0 Å². The highest BCUT2D eigenvalue weighted by atomic mass is 31.2.